The highest BCUT2D eigenvalue weighted by atomic mass is 15.0. The van der Waals surface area contributed by atoms with Crippen LogP contribution >= 0.6 is 0 Å². The molecule has 0 radical (unpaired) electrons. The summed E-state index contributed by atoms with van der Waals surface area (Å²) in [5, 5.41) is 7.51. The molecular formula is C65H46N4. The Labute approximate surface area is 400 Å². The summed E-state index contributed by atoms with van der Waals surface area (Å²) in [6, 6.07) is 77.6. The van der Waals surface area contributed by atoms with Gasteiger partial charge in [0.2, 0.25) is 0 Å². The quantitative estimate of drug-likeness (QED) is 0.177. The number of rotatable bonds is 4. The van der Waals surface area contributed by atoms with Crippen LogP contribution in [0.15, 0.2) is 212 Å². The molecule has 3 heterocycles. The largest absolute Gasteiger partial charge is 0.309 e. The zero-order chi connectivity index (χ0) is 45.9. The number of hydrogen-bond donors (Lipinski definition) is 0. The van der Waals surface area contributed by atoms with Crippen LogP contribution in [0, 0.1) is 6.92 Å². The summed E-state index contributed by atoms with van der Waals surface area (Å²) in [6.07, 6.45) is 0. The Morgan fingerprint density at radius 3 is 1.71 bits per heavy atom. The van der Waals surface area contributed by atoms with E-state index in [-0.39, 0.29) is 0 Å². The second-order valence-electron chi connectivity index (χ2n) is 19.0. The zero-order valence-electron chi connectivity index (χ0n) is 38.7. The highest BCUT2D eigenvalue weighted by molar-refractivity contribution is 6.26. The van der Waals surface area contributed by atoms with Crippen LogP contribution in [-0.2, 0) is 0 Å². The van der Waals surface area contributed by atoms with Crippen molar-refractivity contribution < 1.29 is 0 Å². The summed E-state index contributed by atoms with van der Waals surface area (Å²) in [7, 11) is 0. The molecule has 0 spiro atoms. The van der Waals surface area contributed by atoms with Crippen LogP contribution in [0.4, 0.5) is 0 Å². The lowest BCUT2D eigenvalue weighted by atomic mass is 9.80. The maximum absolute atomic E-state index is 5.41. The summed E-state index contributed by atoms with van der Waals surface area (Å²) in [5.41, 5.74) is 21.7. The molecule has 13 aromatic rings. The van der Waals surface area contributed by atoms with Gasteiger partial charge in [-0.1, -0.05) is 166 Å². The lowest BCUT2D eigenvalue weighted by molar-refractivity contribution is 0.626. The molecule has 0 saturated heterocycles. The lowest BCUT2D eigenvalue weighted by Gasteiger charge is -2.24. The van der Waals surface area contributed by atoms with E-state index in [1.165, 1.54) is 87.8 Å². The van der Waals surface area contributed by atoms with Gasteiger partial charge in [0.15, 0.2) is 0 Å². The summed E-state index contributed by atoms with van der Waals surface area (Å²) in [6.45, 7) is 7.17. The molecule has 0 fully saturated rings. The molecule has 10 aromatic carbocycles. The van der Waals surface area contributed by atoms with Gasteiger partial charge in [0.25, 0.3) is 0 Å². The second-order valence-corrected chi connectivity index (χ2v) is 19.0. The van der Waals surface area contributed by atoms with Crippen LogP contribution in [0.25, 0.3) is 122 Å². The van der Waals surface area contributed by atoms with Crippen LogP contribution in [0.5, 0.6) is 0 Å². The van der Waals surface area contributed by atoms with Gasteiger partial charge < -0.3 is 9.13 Å². The van der Waals surface area contributed by atoms with E-state index in [9.17, 15) is 0 Å². The number of para-hydroxylation sites is 4. The summed E-state index contributed by atoms with van der Waals surface area (Å²) in [4.78, 5) is 10.8. The Hall–Kier alpha value is -8.60. The van der Waals surface area contributed by atoms with Gasteiger partial charge in [0.05, 0.1) is 44.5 Å². The molecule has 0 saturated carbocycles. The predicted molar refractivity (Wildman–Crippen MR) is 289 cm³/mol. The normalized spacial score (nSPS) is 14.6. The fourth-order valence-electron chi connectivity index (χ4n) is 11.9. The molecule has 3 aromatic heterocycles. The average Bonchev–Trinajstić information content (AvgIpc) is 3.93. The molecule has 4 heteroatoms. The fraction of sp³-hybridized carbons (Fsp3) is 0.0769. The van der Waals surface area contributed by atoms with Crippen molar-refractivity contribution in [2.24, 2.45) is 0 Å². The second kappa shape index (κ2) is 15.2. The monoisotopic (exact) mass is 882 g/mol. The highest BCUT2D eigenvalue weighted by Gasteiger charge is 2.30. The topological polar surface area (TPSA) is 35.6 Å². The van der Waals surface area contributed by atoms with Crippen LogP contribution < -0.4 is 0 Å². The van der Waals surface area contributed by atoms with Gasteiger partial charge in [0, 0.05) is 44.0 Å². The van der Waals surface area contributed by atoms with E-state index in [2.05, 4.69) is 230 Å². The SMILES string of the molecule is Cc1c2cc3c(c1-c1ccccc1[C@H](C)C(C)c1ccccc1-2)c1c2ccccc2ccc1n3-c1ccc(-c2nc3ccccc3nc2-c2ccc3c4ccccc4n(-c4ccccc4)c3c2)cc1. The molecule has 0 aliphatic heterocycles. The van der Waals surface area contributed by atoms with Gasteiger partial charge >= 0.3 is 0 Å². The molecule has 1 aliphatic carbocycles. The Morgan fingerprint density at radius 1 is 0.377 bits per heavy atom. The first-order valence-electron chi connectivity index (χ1n) is 24.1. The van der Waals surface area contributed by atoms with Crippen molar-refractivity contribution in [1.82, 2.24) is 19.1 Å². The molecule has 14 rings (SSSR count). The zero-order valence-corrected chi connectivity index (χ0v) is 38.7. The first-order valence-corrected chi connectivity index (χ1v) is 24.1. The van der Waals surface area contributed by atoms with Crippen LogP contribution in [0.2, 0.25) is 0 Å². The summed E-state index contributed by atoms with van der Waals surface area (Å²) >= 11 is 0. The van der Waals surface area contributed by atoms with E-state index >= 15 is 0 Å². The van der Waals surface area contributed by atoms with Gasteiger partial charge in [-0.15, -0.1) is 0 Å². The van der Waals surface area contributed by atoms with E-state index in [1.54, 1.807) is 0 Å². The van der Waals surface area contributed by atoms with Gasteiger partial charge in [-0.05, 0) is 129 Å². The maximum Gasteiger partial charge on any atom is 0.0973 e. The van der Waals surface area contributed by atoms with Gasteiger partial charge in [-0.25, -0.2) is 9.97 Å². The van der Waals surface area contributed by atoms with Crippen molar-refractivity contribution in [3.05, 3.63) is 229 Å². The maximum atomic E-state index is 5.41. The van der Waals surface area contributed by atoms with Gasteiger partial charge in [-0.2, -0.15) is 0 Å². The van der Waals surface area contributed by atoms with E-state index in [4.69, 9.17) is 9.97 Å². The summed E-state index contributed by atoms with van der Waals surface area (Å²) in [5.74, 6) is 0.629. The fourth-order valence-corrected chi connectivity index (χ4v) is 11.9. The predicted octanol–water partition coefficient (Wildman–Crippen LogP) is 17.2. The summed E-state index contributed by atoms with van der Waals surface area (Å²) < 4.78 is 4.87. The van der Waals surface area contributed by atoms with Crippen molar-refractivity contribution in [3.8, 4) is 56.1 Å². The van der Waals surface area contributed by atoms with Crippen molar-refractivity contribution in [3.63, 3.8) is 0 Å². The number of benzene rings is 10. The average molecular weight is 883 g/mol. The minimum absolute atomic E-state index is 0.308. The van der Waals surface area contributed by atoms with E-state index in [1.807, 2.05) is 12.1 Å². The van der Waals surface area contributed by atoms with Crippen LogP contribution in [0.1, 0.15) is 42.4 Å². The molecule has 69 heavy (non-hydrogen) atoms. The van der Waals surface area contributed by atoms with Gasteiger partial charge in [-0.3, -0.25) is 0 Å². The molecule has 326 valence electrons. The minimum atomic E-state index is 0.308. The third-order valence-electron chi connectivity index (χ3n) is 15.3. The third kappa shape index (κ3) is 5.88. The first-order chi connectivity index (χ1) is 34.0. The Morgan fingerprint density at radius 2 is 0.942 bits per heavy atom. The first kappa shape index (κ1) is 39.6. The smallest absolute Gasteiger partial charge is 0.0973 e. The number of hydrogen-bond acceptors (Lipinski definition) is 2. The number of aromatic nitrogens is 4. The number of fused-ring (bicyclic) bond motifs is 16. The molecule has 2 bridgehead atoms. The van der Waals surface area contributed by atoms with Crippen molar-refractivity contribution in [2.45, 2.75) is 32.6 Å². The van der Waals surface area contributed by atoms with Crippen molar-refractivity contribution >= 4 is 65.4 Å². The molecule has 1 unspecified atom stereocenters. The lowest BCUT2D eigenvalue weighted by Crippen LogP contribution is -2.06. The Bertz CT molecular complexity index is 4230. The number of nitrogens with zero attached hydrogens (tertiary/aromatic N) is 4. The molecule has 4 nitrogen and oxygen atoms in total. The third-order valence-corrected chi connectivity index (χ3v) is 15.3. The van der Waals surface area contributed by atoms with Crippen LogP contribution in [-0.4, -0.2) is 19.1 Å². The van der Waals surface area contributed by atoms with E-state index in [0.717, 1.165) is 50.4 Å². The Kier molecular flexibility index (Phi) is 8.72. The molecule has 1 aliphatic rings. The highest BCUT2D eigenvalue weighted by Crippen LogP contribution is 2.51. The van der Waals surface area contributed by atoms with Crippen molar-refractivity contribution in [2.75, 3.05) is 0 Å². The molecule has 2 atom stereocenters. The molecular weight excluding hydrogens is 837 g/mol. The molecule has 0 N–H and O–H groups in total. The minimum Gasteiger partial charge on any atom is -0.309 e. The van der Waals surface area contributed by atoms with Gasteiger partial charge in [0.1, 0.15) is 0 Å². The van der Waals surface area contributed by atoms with E-state index in [0.29, 0.717) is 11.8 Å². The molecule has 0 amide bonds. The van der Waals surface area contributed by atoms with Crippen LogP contribution in [0.3, 0.4) is 0 Å². The standard InChI is InChI=1S/C65H46N4/c1-39-40(2)48-21-10-12-25-53(48)61-41(3)54(50-23-11-9-20-47(39)50)38-60-63(61)62-49-22-8-7-17-42(49)32-36-58(62)69(60)46-33-29-43(30-34-46)64-65(67-56-27-15-14-26-55(56)66-64)44-31-35-52-51-24-13-16-28-57(51)68(59(52)37-44)45-18-5-4-6-19-45/h4-40H,1-3H3/t39?,40-/m1/s1. The van der Waals surface area contributed by atoms with Crippen molar-refractivity contribution in [1.29, 1.82) is 0 Å². The van der Waals surface area contributed by atoms with E-state index < -0.39 is 0 Å². The Balaban J connectivity index is 1.01.